The molecule has 1 fully saturated rings. The summed E-state index contributed by atoms with van der Waals surface area (Å²) in [6.07, 6.45) is 1.50. The van der Waals surface area contributed by atoms with Gasteiger partial charge in [-0.1, -0.05) is 29.8 Å². The van der Waals surface area contributed by atoms with Gasteiger partial charge in [-0.25, -0.2) is 9.37 Å². The molecule has 2 heterocycles. The lowest BCUT2D eigenvalue weighted by atomic mass is 10.2. The summed E-state index contributed by atoms with van der Waals surface area (Å²) in [4.78, 5) is 12.9. The molecule has 149 valence electrons. The van der Waals surface area contributed by atoms with Crippen molar-refractivity contribution in [2.24, 2.45) is 0 Å². The fourth-order valence-electron chi connectivity index (χ4n) is 3.13. The predicted octanol–water partition coefficient (Wildman–Crippen LogP) is 4.31. The maximum atomic E-state index is 14.7. The molecule has 0 unspecified atom stereocenters. The van der Waals surface area contributed by atoms with Crippen molar-refractivity contribution >= 4 is 40.4 Å². The number of hydrogen-bond donors (Lipinski definition) is 2. The minimum absolute atomic E-state index is 0.272. The van der Waals surface area contributed by atoms with E-state index >= 15 is 0 Å². The van der Waals surface area contributed by atoms with Gasteiger partial charge in [0.15, 0.2) is 5.82 Å². The van der Waals surface area contributed by atoms with Gasteiger partial charge in [-0.2, -0.15) is 4.98 Å². The van der Waals surface area contributed by atoms with Crippen LogP contribution in [0.2, 0.25) is 5.02 Å². The molecule has 1 radical (unpaired) electrons. The number of benzene rings is 2. The minimum atomic E-state index is -0.272. The van der Waals surface area contributed by atoms with Gasteiger partial charge in [0.25, 0.3) is 0 Å². The standard InChI is InChI=1S/C21H21ClFN6/c1-28-9-11-29(12-10-28)19-8-7-16(13-18(19)23)26-21-24-14-17(22)20(27-21)25-15-5-3-2-4-6-15/h2-5,7-8,13-14H,9-12H2,1H3,(H2,24,25,26,27). The van der Waals surface area contributed by atoms with Gasteiger partial charge >= 0.3 is 0 Å². The Kier molecular flexibility index (Phi) is 5.78. The Morgan fingerprint density at radius 1 is 1.10 bits per heavy atom. The lowest BCUT2D eigenvalue weighted by Crippen LogP contribution is -2.44. The van der Waals surface area contributed by atoms with E-state index in [1.165, 1.54) is 12.3 Å². The van der Waals surface area contributed by atoms with Crippen LogP contribution in [0, 0.1) is 11.9 Å². The highest BCUT2D eigenvalue weighted by molar-refractivity contribution is 6.32. The topological polar surface area (TPSA) is 56.3 Å². The van der Waals surface area contributed by atoms with Gasteiger partial charge < -0.3 is 20.4 Å². The Morgan fingerprint density at radius 2 is 1.93 bits per heavy atom. The fourth-order valence-corrected chi connectivity index (χ4v) is 3.27. The van der Waals surface area contributed by atoms with Gasteiger partial charge in [0.05, 0.1) is 11.9 Å². The molecule has 4 rings (SSSR count). The molecule has 1 aromatic heterocycles. The van der Waals surface area contributed by atoms with Crippen molar-refractivity contribution in [3.63, 3.8) is 0 Å². The average molecular weight is 412 g/mol. The zero-order chi connectivity index (χ0) is 20.2. The van der Waals surface area contributed by atoms with E-state index in [1.807, 2.05) is 24.3 Å². The predicted molar refractivity (Wildman–Crippen MR) is 115 cm³/mol. The highest BCUT2D eigenvalue weighted by atomic mass is 35.5. The molecule has 0 amide bonds. The second kappa shape index (κ2) is 8.63. The van der Waals surface area contributed by atoms with E-state index in [2.05, 4.69) is 43.5 Å². The van der Waals surface area contributed by atoms with Crippen LogP contribution < -0.4 is 15.5 Å². The number of hydrogen-bond acceptors (Lipinski definition) is 6. The van der Waals surface area contributed by atoms with Crippen molar-refractivity contribution in [1.29, 1.82) is 0 Å². The van der Waals surface area contributed by atoms with Crippen LogP contribution in [0.3, 0.4) is 0 Å². The smallest absolute Gasteiger partial charge is 0.229 e. The molecule has 3 aromatic rings. The normalized spacial score (nSPS) is 14.7. The molecule has 2 aromatic carbocycles. The quantitative estimate of drug-likeness (QED) is 0.652. The molecule has 8 heteroatoms. The molecule has 2 N–H and O–H groups in total. The number of rotatable bonds is 5. The number of aromatic nitrogens is 2. The Labute approximate surface area is 174 Å². The van der Waals surface area contributed by atoms with Crippen LogP contribution in [-0.4, -0.2) is 48.1 Å². The average Bonchev–Trinajstić information content (AvgIpc) is 2.72. The highest BCUT2D eigenvalue weighted by Crippen LogP contribution is 2.27. The van der Waals surface area contributed by atoms with Gasteiger partial charge in [-0.15, -0.1) is 0 Å². The van der Waals surface area contributed by atoms with E-state index in [0.717, 1.165) is 31.9 Å². The van der Waals surface area contributed by atoms with Crippen LogP contribution in [0.5, 0.6) is 0 Å². The summed E-state index contributed by atoms with van der Waals surface area (Å²) >= 11 is 6.19. The van der Waals surface area contributed by atoms with E-state index in [4.69, 9.17) is 11.6 Å². The van der Waals surface area contributed by atoms with E-state index in [-0.39, 0.29) is 5.82 Å². The van der Waals surface area contributed by atoms with Crippen molar-refractivity contribution in [3.8, 4) is 0 Å². The highest BCUT2D eigenvalue weighted by Gasteiger charge is 2.17. The summed E-state index contributed by atoms with van der Waals surface area (Å²) in [6.45, 7) is 3.47. The van der Waals surface area contributed by atoms with E-state index in [9.17, 15) is 4.39 Å². The third kappa shape index (κ3) is 4.75. The minimum Gasteiger partial charge on any atom is -0.367 e. The molecular formula is C21H21ClFN6. The van der Waals surface area contributed by atoms with E-state index in [0.29, 0.717) is 28.2 Å². The zero-order valence-electron chi connectivity index (χ0n) is 16.0. The molecule has 1 aliphatic rings. The summed E-state index contributed by atoms with van der Waals surface area (Å²) in [6, 6.07) is 15.5. The zero-order valence-corrected chi connectivity index (χ0v) is 16.7. The number of anilines is 5. The van der Waals surface area contributed by atoms with Crippen molar-refractivity contribution in [2.45, 2.75) is 0 Å². The van der Waals surface area contributed by atoms with Gasteiger partial charge in [-0.05, 0) is 31.3 Å². The van der Waals surface area contributed by atoms with Crippen LogP contribution in [0.25, 0.3) is 0 Å². The maximum Gasteiger partial charge on any atom is 0.229 e. The van der Waals surface area contributed by atoms with Crippen molar-refractivity contribution in [3.05, 3.63) is 65.6 Å². The molecule has 0 spiro atoms. The largest absolute Gasteiger partial charge is 0.367 e. The Bertz CT molecular complexity index is 976. The third-order valence-electron chi connectivity index (χ3n) is 4.75. The van der Waals surface area contributed by atoms with Crippen molar-refractivity contribution in [1.82, 2.24) is 14.9 Å². The molecule has 0 aliphatic carbocycles. The van der Waals surface area contributed by atoms with Crippen LogP contribution in [-0.2, 0) is 0 Å². The van der Waals surface area contributed by atoms with Crippen molar-refractivity contribution in [2.75, 3.05) is 48.8 Å². The monoisotopic (exact) mass is 411 g/mol. The summed E-state index contributed by atoms with van der Waals surface area (Å²) in [7, 11) is 2.08. The Morgan fingerprint density at radius 3 is 2.66 bits per heavy atom. The van der Waals surface area contributed by atoms with E-state index in [1.54, 1.807) is 12.1 Å². The molecule has 1 saturated heterocycles. The Hall–Kier alpha value is -2.90. The summed E-state index contributed by atoms with van der Waals surface area (Å²) in [5.41, 5.74) is 1.92. The summed E-state index contributed by atoms with van der Waals surface area (Å²) in [5.74, 6) is 0.492. The van der Waals surface area contributed by atoms with Crippen LogP contribution in [0.15, 0.2) is 48.7 Å². The number of nitrogens with one attached hydrogen (secondary N) is 2. The molecule has 1 aliphatic heterocycles. The first-order valence-electron chi connectivity index (χ1n) is 9.35. The summed E-state index contributed by atoms with van der Waals surface area (Å²) < 4.78 is 14.7. The first-order valence-corrected chi connectivity index (χ1v) is 9.72. The molecule has 0 saturated carbocycles. The second-order valence-corrected chi connectivity index (χ2v) is 7.28. The third-order valence-corrected chi connectivity index (χ3v) is 5.03. The fraction of sp³-hybridized carbons (Fsp3) is 0.238. The Balaban J connectivity index is 1.49. The lowest BCUT2D eigenvalue weighted by molar-refractivity contribution is 0.311. The van der Waals surface area contributed by atoms with Crippen LogP contribution >= 0.6 is 11.6 Å². The van der Waals surface area contributed by atoms with Crippen LogP contribution in [0.1, 0.15) is 0 Å². The van der Waals surface area contributed by atoms with Gasteiger partial charge in [0, 0.05) is 43.6 Å². The number of nitrogens with zero attached hydrogens (tertiary/aromatic N) is 4. The van der Waals surface area contributed by atoms with Gasteiger partial charge in [-0.3, -0.25) is 0 Å². The maximum absolute atomic E-state index is 14.7. The molecule has 0 atom stereocenters. The molecule has 29 heavy (non-hydrogen) atoms. The SMILES string of the molecule is CN1CCN(c2ccc(Nc3ncc(Cl)c(Nc4[c]cccc4)n3)cc2F)CC1. The number of likely N-dealkylation sites (N-methyl/N-ethyl adjacent to an activating group) is 1. The molecule has 6 nitrogen and oxygen atoms in total. The van der Waals surface area contributed by atoms with Gasteiger partial charge in [0.2, 0.25) is 5.95 Å². The lowest BCUT2D eigenvalue weighted by Gasteiger charge is -2.34. The first-order chi connectivity index (χ1) is 14.1. The molecule has 0 bridgehead atoms. The second-order valence-electron chi connectivity index (χ2n) is 6.87. The van der Waals surface area contributed by atoms with E-state index < -0.39 is 0 Å². The number of halogens is 2. The first kappa shape index (κ1) is 19.4. The van der Waals surface area contributed by atoms with Gasteiger partial charge in [0.1, 0.15) is 10.8 Å². The number of piperazine rings is 1. The van der Waals surface area contributed by atoms with Crippen LogP contribution in [0.4, 0.5) is 33.2 Å². The number of para-hydroxylation sites is 1. The molecular weight excluding hydrogens is 391 g/mol. The summed E-state index contributed by atoms with van der Waals surface area (Å²) in [5, 5.41) is 6.52. The van der Waals surface area contributed by atoms with Crippen molar-refractivity contribution < 1.29 is 4.39 Å².